The quantitative estimate of drug-likeness (QED) is 0.600. The molecule has 1 aromatic heterocycles. The Morgan fingerprint density at radius 1 is 1.41 bits per heavy atom. The molecule has 0 saturated carbocycles. The van der Waals surface area contributed by atoms with Crippen molar-refractivity contribution in [1.29, 1.82) is 0 Å². The predicted molar refractivity (Wildman–Crippen MR) is 93.5 cm³/mol. The van der Waals surface area contributed by atoms with Gasteiger partial charge < -0.3 is 15.4 Å². The number of nitrogens with one attached hydrogen (secondary N) is 2. The number of halogens is 1. The maximum Gasteiger partial charge on any atom is 0.171 e. The van der Waals surface area contributed by atoms with Crippen molar-refractivity contribution in [2.75, 3.05) is 25.6 Å². The van der Waals surface area contributed by atoms with Crippen LogP contribution in [0.15, 0.2) is 36.5 Å². The second kappa shape index (κ2) is 8.73. The van der Waals surface area contributed by atoms with Crippen molar-refractivity contribution in [2.45, 2.75) is 13.0 Å². The summed E-state index contributed by atoms with van der Waals surface area (Å²) in [6.45, 7) is 2.14. The second-order valence-electron chi connectivity index (χ2n) is 4.76. The number of methoxy groups -OCH3 is 1. The zero-order valence-corrected chi connectivity index (χ0v) is 14.0. The molecule has 118 valence electrons. The van der Waals surface area contributed by atoms with Gasteiger partial charge in [0.15, 0.2) is 10.9 Å². The highest BCUT2D eigenvalue weighted by Crippen LogP contribution is 2.12. The van der Waals surface area contributed by atoms with Gasteiger partial charge in [0.25, 0.3) is 0 Å². The Labute approximate surface area is 140 Å². The van der Waals surface area contributed by atoms with Crippen LogP contribution in [0.1, 0.15) is 12.0 Å². The highest BCUT2D eigenvalue weighted by molar-refractivity contribution is 7.80. The number of nitrogens with zero attached hydrogens (tertiary/aromatic N) is 2. The summed E-state index contributed by atoms with van der Waals surface area (Å²) in [5.41, 5.74) is 1.10. The lowest BCUT2D eigenvalue weighted by atomic mass is 10.2. The Balaban J connectivity index is 1.82. The molecule has 0 unspecified atom stereocenters. The van der Waals surface area contributed by atoms with Crippen molar-refractivity contribution in [3.05, 3.63) is 47.1 Å². The first-order valence-corrected chi connectivity index (χ1v) is 7.77. The normalized spacial score (nSPS) is 10.5. The fourth-order valence-corrected chi connectivity index (χ4v) is 2.34. The van der Waals surface area contributed by atoms with Crippen molar-refractivity contribution in [3.63, 3.8) is 0 Å². The average Bonchev–Trinajstić information content (AvgIpc) is 2.91. The van der Waals surface area contributed by atoms with Gasteiger partial charge in [-0.15, -0.1) is 0 Å². The standard InChI is InChI=1S/C15H19ClN4OS/c1-21-9-3-7-17-15(22)18-14-6-8-20(19-14)11-12-4-2-5-13(16)10-12/h2,4-6,8,10H,3,7,9,11H2,1H3,(H2,17,18,19,22). The van der Waals surface area contributed by atoms with E-state index in [4.69, 9.17) is 28.6 Å². The lowest BCUT2D eigenvalue weighted by molar-refractivity contribution is 0.196. The van der Waals surface area contributed by atoms with E-state index in [0.29, 0.717) is 24.1 Å². The van der Waals surface area contributed by atoms with Crippen molar-refractivity contribution >= 4 is 34.7 Å². The third-order valence-electron chi connectivity index (χ3n) is 2.93. The summed E-state index contributed by atoms with van der Waals surface area (Å²) < 4.78 is 6.82. The third-order valence-corrected chi connectivity index (χ3v) is 3.41. The number of hydrogen-bond acceptors (Lipinski definition) is 3. The van der Waals surface area contributed by atoms with E-state index >= 15 is 0 Å². The van der Waals surface area contributed by atoms with E-state index in [1.165, 1.54) is 0 Å². The molecule has 0 spiro atoms. The minimum Gasteiger partial charge on any atom is -0.385 e. The molecular weight excluding hydrogens is 320 g/mol. The number of thiocarbonyl (C=S) groups is 1. The molecule has 2 rings (SSSR count). The summed E-state index contributed by atoms with van der Waals surface area (Å²) in [5, 5.41) is 11.9. The van der Waals surface area contributed by atoms with Gasteiger partial charge in [-0.3, -0.25) is 4.68 Å². The van der Waals surface area contributed by atoms with Crippen LogP contribution < -0.4 is 10.6 Å². The van der Waals surface area contributed by atoms with E-state index in [0.717, 1.165) is 23.6 Å². The molecule has 0 aliphatic heterocycles. The molecular formula is C15H19ClN4OS. The first-order chi connectivity index (χ1) is 10.7. The zero-order chi connectivity index (χ0) is 15.8. The highest BCUT2D eigenvalue weighted by atomic mass is 35.5. The topological polar surface area (TPSA) is 51.1 Å². The van der Waals surface area contributed by atoms with Crippen LogP contribution in [0.5, 0.6) is 0 Å². The minimum absolute atomic E-state index is 0.559. The van der Waals surface area contributed by atoms with Gasteiger partial charge in [0, 0.05) is 37.5 Å². The maximum absolute atomic E-state index is 5.98. The molecule has 1 heterocycles. The molecule has 0 amide bonds. The first-order valence-electron chi connectivity index (χ1n) is 6.99. The molecule has 2 N–H and O–H groups in total. The summed E-state index contributed by atoms with van der Waals surface area (Å²) in [5.74, 6) is 0.714. The summed E-state index contributed by atoms with van der Waals surface area (Å²) >= 11 is 11.2. The third kappa shape index (κ3) is 5.63. The van der Waals surface area contributed by atoms with Crippen LogP contribution in [0.4, 0.5) is 5.82 Å². The van der Waals surface area contributed by atoms with Crippen molar-refractivity contribution in [2.24, 2.45) is 0 Å². The van der Waals surface area contributed by atoms with E-state index in [1.807, 2.05) is 41.2 Å². The van der Waals surface area contributed by atoms with E-state index in [9.17, 15) is 0 Å². The van der Waals surface area contributed by atoms with Crippen molar-refractivity contribution in [1.82, 2.24) is 15.1 Å². The first kappa shape index (κ1) is 16.7. The van der Waals surface area contributed by atoms with Gasteiger partial charge in [0.1, 0.15) is 0 Å². The summed E-state index contributed by atoms with van der Waals surface area (Å²) in [6, 6.07) is 9.61. The fraction of sp³-hybridized carbons (Fsp3) is 0.333. The van der Waals surface area contributed by atoms with E-state index < -0.39 is 0 Å². The fourth-order valence-electron chi connectivity index (χ4n) is 1.92. The summed E-state index contributed by atoms with van der Waals surface area (Å²) in [6.07, 6.45) is 2.80. The largest absolute Gasteiger partial charge is 0.385 e. The average molecular weight is 339 g/mol. The van der Waals surface area contributed by atoms with Gasteiger partial charge in [0.05, 0.1) is 6.54 Å². The van der Waals surface area contributed by atoms with E-state index in [1.54, 1.807) is 7.11 Å². The summed E-state index contributed by atoms with van der Waals surface area (Å²) in [4.78, 5) is 0. The van der Waals surface area contributed by atoms with Crippen LogP contribution in [-0.4, -0.2) is 35.2 Å². The molecule has 0 atom stereocenters. The summed E-state index contributed by atoms with van der Waals surface area (Å²) in [7, 11) is 1.68. The lowest BCUT2D eigenvalue weighted by Crippen LogP contribution is -2.30. The molecule has 1 aromatic carbocycles. The van der Waals surface area contributed by atoms with Gasteiger partial charge in [-0.05, 0) is 36.3 Å². The van der Waals surface area contributed by atoms with Crippen molar-refractivity contribution in [3.8, 4) is 0 Å². The van der Waals surface area contributed by atoms with E-state index in [2.05, 4.69) is 15.7 Å². The number of anilines is 1. The smallest absolute Gasteiger partial charge is 0.171 e. The Bertz CT molecular complexity index is 617. The zero-order valence-electron chi connectivity index (χ0n) is 12.4. The monoisotopic (exact) mass is 338 g/mol. The van der Waals surface area contributed by atoms with Crippen LogP contribution in [0, 0.1) is 0 Å². The Morgan fingerprint density at radius 2 is 2.27 bits per heavy atom. The van der Waals surface area contributed by atoms with Crippen LogP contribution >= 0.6 is 23.8 Å². The van der Waals surface area contributed by atoms with Gasteiger partial charge >= 0.3 is 0 Å². The van der Waals surface area contributed by atoms with Gasteiger partial charge in [-0.25, -0.2) is 0 Å². The Kier molecular flexibility index (Phi) is 6.64. The van der Waals surface area contributed by atoms with Crippen LogP contribution in [-0.2, 0) is 11.3 Å². The molecule has 2 aromatic rings. The number of benzene rings is 1. The lowest BCUT2D eigenvalue weighted by Gasteiger charge is -2.08. The SMILES string of the molecule is COCCCNC(=S)Nc1ccn(Cc2cccc(Cl)c2)n1. The molecule has 22 heavy (non-hydrogen) atoms. The molecule has 0 radical (unpaired) electrons. The maximum atomic E-state index is 5.98. The molecule has 5 nitrogen and oxygen atoms in total. The van der Waals surface area contributed by atoms with E-state index in [-0.39, 0.29) is 0 Å². The second-order valence-corrected chi connectivity index (χ2v) is 5.60. The molecule has 0 saturated heterocycles. The number of hydrogen-bond donors (Lipinski definition) is 2. The van der Waals surface area contributed by atoms with Crippen LogP contribution in [0.2, 0.25) is 5.02 Å². The van der Waals surface area contributed by atoms with Gasteiger partial charge in [-0.1, -0.05) is 23.7 Å². The van der Waals surface area contributed by atoms with Crippen molar-refractivity contribution < 1.29 is 4.74 Å². The van der Waals surface area contributed by atoms with Crippen LogP contribution in [0.25, 0.3) is 0 Å². The Morgan fingerprint density at radius 3 is 3.05 bits per heavy atom. The molecule has 0 fully saturated rings. The highest BCUT2D eigenvalue weighted by Gasteiger charge is 2.02. The van der Waals surface area contributed by atoms with Gasteiger partial charge in [-0.2, -0.15) is 5.10 Å². The predicted octanol–water partition coefficient (Wildman–Crippen LogP) is 2.91. The molecule has 7 heteroatoms. The number of aromatic nitrogens is 2. The molecule has 0 aliphatic rings. The number of ether oxygens (including phenoxy) is 1. The number of rotatable bonds is 7. The van der Waals surface area contributed by atoms with Gasteiger partial charge in [0.2, 0.25) is 0 Å². The molecule has 0 aliphatic carbocycles. The molecule has 0 bridgehead atoms. The van der Waals surface area contributed by atoms with Crippen LogP contribution in [0.3, 0.4) is 0 Å². The minimum atomic E-state index is 0.559. The Hall–Kier alpha value is -1.63.